The highest BCUT2D eigenvalue weighted by atomic mass is 16.5. The van der Waals surface area contributed by atoms with Crippen LogP contribution < -0.4 is 4.74 Å². The molecule has 0 spiro atoms. The average Bonchev–Trinajstić information content (AvgIpc) is 2.75. The number of carboxylic acids is 1. The molecule has 1 aromatic carbocycles. The van der Waals surface area contributed by atoms with E-state index in [0.29, 0.717) is 22.7 Å². The summed E-state index contributed by atoms with van der Waals surface area (Å²) in [4.78, 5) is 15.5. The van der Waals surface area contributed by atoms with Gasteiger partial charge in [-0.05, 0) is 25.1 Å². The number of aryl methyl sites for hydroxylation is 2. The van der Waals surface area contributed by atoms with Gasteiger partial charge in [-0.2, -0.15) is 5.10 Å². The van der Waals surface area contributed by atoms with Crippen molar-refractivity contribution in [3.63, 3.8) is 0 Å². The van der Waals surface area contributed by atoms with Crippen molar-refractivity contribution in [2.75, 3.05) is 0 Å². The van der Waals surface area contributed by atoms with Gasteiger partial charge in [-0.15, -0.1) is 0 Å². The van der Waals surface area contributed by atoms with Crippen LogP contribution in [-0.4, -0.2) is 25.8 Å². The van der Waals surface area contributed by atoms with Gasteiger partial charge in [0.1, 0.15) is 0 Å². The minimum absolute atomic E-state index is 0.225. The summed E-state index contributed by atoms with van der Waals surface area (Å²) in [6, 6.07) is 10.1. The lowest BCUT2D eigenvalue weighted by Gasteiger charge is -2.06. The lowest BCUT2D eigenvalue weighted by molar-refractivity contribution is 0.0699. The summed E-state index contributed by atoms with van der Waals surface area (Å²) >= 11 is 0. The Bertz CT molecular complexity index is 839. The predicted octanol–water partition coefficient (Wildman–Crippen LogP) is 2.77. The molecule has 3 rings (SSSR count). The molecule has 0 atom stereocenters. The molecular formula is C15H13N3O3. The third-order valence-corrected chi connectivity index (χ3v) is 3.10. The largest absolute Gasteiger partial charge is 0.478 e. The van der Waals surface area contributed by atoms with Gasteiger partial charge >= 0.3 is 5.97 Å². The van der Waals surface area contributed by atoms with E-state index in [2.05, 4.69) is 10.1 Å². The first-order valence-corrected chi connectivity index (χ1v) is 6.36. The number of hydrogen-bond acceptors (Lipinski definition) is 4. The lowest BCUT2D eigenvalue weighted by atomic mass is 10.1. The first kappa shape index (κ1) is 13.1. The molecule has 2 aromatic heterocycles. The molecule has 0 aliphatic rings. The summed E-state index contributed by atoms with van der Waals surface area (Å²) in [6.45, 7) is 1.87. The van der Waals surface area contributed by atoms with Gasteiger partial charge in [-0.3, -0.25) is 0 Å². The first-order valence-electron chi connectivity index (χ1n) is 6.36. The molecule has 6 heteroatoms. The van der Waals surface area contributed by atoms with Crippen molar-refractivity contribution >= 4 is 16.9 Å². The van der Waals surface area contributed by atoms with Crippen molar-refractivity contribution < 1.29 is 14.6 Å². The van der Waals surface area contributed by atoms with Crippen LogP contribution in [0.3, 0.4) is 0 Å². The van der Waals surface area contributed by atoms with Crippen LogP contribution in [0.1, 0.15) is 16.1 Å². The lowest BCUT2D eigenvalue weighted by Crippen LogP contribution is -1.99. The fourth-order valence-corrected chi connectivity index (χ4v) is 2.17. The fourth-order valence-electron chi connectivity index (χ4n) is 2.17. The second-order valence-electron chi connectivity index (χ2n) is 4.68. The van der Waals surface area contributed by atoms with Crippen molar-refractivity contribution in [2.45, 2.75) is 6.92 Å². The smallest absolute Gasteiger partial charge is 0.336 e. The number of aromatic nitrogens is 3. The standard InChI is InChI=1S/C15H13N3O3/c1-9-8-14(18(2)17-9)21-13-7-6-10-11(15(19)20)4-3-5-12(10)16-13/h3-8H,1-2H3,(H,19,20). The Balaban J connectivity index is 2.02. The number of rotatable bonds is 3. The molecule has 0 aliphatic carbocycles. The normalized spacial score (nSPS) is 10.8. The molecule has 0 radical (unpaired) electrons. The third-order valence-electron chi connectivity index (χ3n) is 3.10. The molecule has 0 saturated carbocycles. The number of benzene rings is 1. The number of fused-ring (bicyclic) bond motifs is 1. The maximum Gasteiger partial charge on any atom is 0.336 e. The molecule has 106 valence electrons. The number of ether oxygens (including phenoxy) is 1. The van der Waals surface area contributed by atoms with Crippen molar-refractivity contribution in [2.24, 2.45) is 7.05 Å². The van der Waals surface area contributed by atoms with Crippen LogP contribution >= 0.6 is 0 Å². The van der Waals surface area contributed by atoms with Crippen molar-refractivity contribution in [3.05, 3.63) is 47.7 Å². The van der Waals surface area contributed by atoms with E-state index in [1.165, 1.54) is 0 Å². The van der Waals surface area contributed by atoms with E-state index in [1.807, 2.05) is 6.92 Å². The van der Waals surface area contributed by atoms with Crippen molar-refractivity contribution in [1.29, 1.82) is 0 Å². The van der Waals surface area contributed by atoms with E-state index >= 15 is 0 Å². The Hall–Kier alpha value is -2.89. The van der Waals surface area contributed by atoms with Gasteiger partial charge in [0.2, 0.25) is 11.8 Å². The first-order chi connectivity index (χ1) is 10.0. The van der Waals surface area contributed by atoms with Crippen LogP contribution in [0.15, 0.2) is 36.4 Å². The zero-order valence-corrected chi connectivity index (χ0v) is 11.6. The van der Waals surface area contributed by atoms with Gasteiger partial charge in [0.25, 0.3) is 0 Å². The number of nitrogens with zero attached hydrogens (tertiary/aromatic N) is 3. The zero-order valence-electron chi connectivity index (χ0n) is 11.6. The summed E-state index contributed by atoms with van der Waals surface area (Å²) < 4.78 is 7.30. The van der Waals surface area contributed by atoms with Gasteiger partial charge in [-0.25, -0.2) is 14.5 Å². The minimum atomic E-state index is -0.974. The molecule has 1 N–H and O–H groups in total. The van der Waals surface area contributed by atoms with Crippen LogP contribution in [0.2, 0.25) is 0 Å². The highest BCUT2D eigenvalue weighted by molar-refractivity contribution is 6.02. The topological polar surface area (TPSA) is 77.2 Å². The summed E-state index contributed by atoms with van der Waals surface area (Å²) in [6.07, 6.45) is 0. The summed E-state index contributed by atoms with van der Waals surface area (Å²) in [5, 5.41) is 13.9. The molecule has 21 heavy (non-hydrogen) atoms. The van der Waals surface area contributed by atoms with Crippen LogP contribution in [-0.2, 0) is 7.05 Å². The highest BCUT2D eigenvalue weighted by Crippen LogP contribution is 2.24. The monoisotopic (exact) mass is 283 g/mol. The van der Waals surface area contributed by atoms with Crippen molar-refractivity contribution in [3.8, 4) is 11.8 Å². The maximum absolute atomic E-state index is 11.2. The predicted molar refractivity (Wildman–Crippen MR) is 76.7 cm³/mol. The molecule has 0 unspecified atom stereocenters. The summed E-state index contributed by atoms with van der Waals surface area (Å²) in [5.74, 6) is 0.0000979. The van der Waals surface area contributed by atoms with Crippen LogP contribution in [0.25, 0.3) is 10.9 Å². The van der Waals surface area contributed by atoms with Gasteiger partial charge < -0.3 is 9.84 Å². The quantitative estimate of drug-likeness (QED) is 0.799. The van der Waals surface area contributed by atoms with E-state index in [1.54, 1.807) is 48.1 Å². The van der Waals surface area contributed by atoms with Crippen LogP contribution in [0, 0.1) is 6.92 Å². The number of carboxylic acid groups (broad SMARTS) is 1. The number of hydrogen-bond donors (Lipinski definition) is 1. The zero-order chi connectivity index (χ0) is 15.0. The van der Waals surface area contributed by atoms with Gasteiger partial charge in [0, 0.05) is 24.6 Å². The van der Waals surface area contributed by atoms with E-state index in [-0.39, 0.29) is 5.56 Å². The number of pyridine rings is 1. The van der Waals surface area contributed by atoms with Gasteiger partial charge in [-0.1, -0.05) is 6.07 Å². The summed E-state index contributed by atoms with van der Waals surface area (Å²) in [5.41, 5.74) is 1.65. The molecule has 6 nitrogen and oxygen atoms in total. The highest BCUT2D eigenvalue weighted by Gasteiger charge is 2.11. The van der Waals surface area contributed by atoms with E-state index in [9.17, 15) is 4.79 Å². The molecule has 0 saturated heterocycles. The molecule has 2 heterocycles. The van der Waals surface area contributed by atoms with Crippen molar-refractivity contribution in [1.82, 2.24) is 14.8 Å². The third kappa shape index (κ3) is 2.43. The Morgan fingerprint density at radius 1 is 1.29 bits per heavy atom. The SMILES string of the molecule is Cc1cc(Oc2ccc3c(C(=O)O)cccc3n2)n(C)n1. The number of carbonyl (C=O) groups is 1. The fraction of sp³-hybridized carbons (Fsp3) is 0.133. The molecule has 0 fully saturated rings. The van der Waals surface area contributed by atoms with E-state index < -0.39 is 5.97 Å². The summed E-state index contributed by atoms with van der Waals surface area (Å²) in [7, 11) is 1.78. The molecule has 0 amide bonds. The van der Waals surface area contributed by atoms with Gasteiger partial charge in [0.15, 0.2) is 0 Å². The maximum atomic E-state index is 11.2. The molecule has 0 bridgehead atoms. The molecule has 3 aromatic rings. The molecule has 0 aliphatic heterocycles. The minimum Gasteiger partial charge on any atom is -0.478 e. The second-order valence-corrected chi connectivity index (χ2v) is 4.68. The van der Waals surface area contributed by atoms with Crippen LogP contribution in [0.5, 0.6) is 11.8 Å². The Kier molecular flexibility index (Phi) is 3.06. The van der Waals surface area contributed by atoms with Crippen LogP contribution in [0.4, 0.5) is 0 Å². The Morgan fingerprint density at radius 3 is 2.76 bits per heavy atom. The van der Waals surface area contributed by atoms with E-state index in [0.717, 1.165) is 5.69 Å². The molecular weight excluding hydrogens is 270 g/mol. The van der Waals surface area contributed by atoms with E-state index in [4.69, 9.17) is 9.84 Å². The second kappa shape index (κ2) is 4.90. The Morgan fingerprint density at radius 2 is 2.10 bits per heavy atom. The average molecular weight is 283 g/mol. The number of aromatic carboxylic acids is 1. The Labute approximate surface area is 120 Å². The van der Waals surface area contributed by atoms with Gasteiger partial charge in [0.05, 0.1) is 16.8 Å².